The highest BCUT2D eigenvalue weighted by atomic mass is 16.5. The molecule has 25 heavy (non-hydrogen) atoms. The molecular formula is C18H19N3O4. The van der Waals surface area contributed by atoms with Gasteiger partial charge in [-0.3, -0.25) is 9.59 Å². The van der Waals surface area contributed by atoms with Crippen molar-refractivity contribution in [3.8, 4) is 11.5 Å². The number of phenolic OH excluding ortho intramolecular Hbond substituents is 1. The summed E-state index contributed by atoms with van der Waals surface area (Å²) in [6.07, 6.45) is 1.42. The van der Waals surface area contributed by atoms with Crippen LogP contribution in [0.5, 0.6) is 11.5 Å². The molecule has 0 atom stereocenters. The van der Waals surface area contributed by atoms with Crippen molar-refractivity contribution in [2.75, 3.05) is 11.9 Å². The number of benzene rings is 2. The second-order valence-corrected chi connectivity index (χ2v) is 5.12. The standard InChI is InChI=1S/C18H19N3O4/c1-3-25-17-10-14(20-12(2)22)7-8-16(17)18(24)21-19-11-13-5-4-6-15(23)9-13/h4-11,23H,3H2,1-2H3,(H,20,22)(H,21,24). The monoisotopic (exact) mass is 341 g/mol. The summed E-state index contributed by atoms with van der Waals surface area (Å²) in [4.78, 5) is 23.4. The molecule has 2 amide bonds. The van der Waals surface area contributed by atoms with Gasteiger partial charge in [0.1, 0.15) is 11.5 Å². The van der Waals surface area contributed by atoms with E-state index in [2.05, 4.69) is 15.8 Å². The topological polar surface area (TPSA) is 100 Å². The van der Waals surface area contributed by atoms with Crippen LogP contribution in [0.3, 0.4) is 0 Å². The van der Waals surface area contributed by atoms with Crippen molar-refractivity contribution in [2.24, 2.45) is 5.10 Å². The molecule has 2 aromatic rings. The number of nitrogens with zero attached hydrogens (tertiary/aromatic N) is 1. The fourth-order valence-electron chi connectivity index (χ4n) is 2.10. The first-order valence-corrected chi connectivity index (χ1v) is 7.66. The minimum atomic E-state index is -0.450. The Bertz CT molecular complexity index is 803. The first-order valence-electron chi connectivity index (χ1n) is 7.66. The van der Waals surface area contributed by atoms with Crippen LogP contribution in [0.4, 0.5) is 5.69 Å². The van der Waals surface area contributed by atoms with Crippen LogP contribution >= 0.6 is 0 Å². The molecule has 130 valence electrons. The van der Waals surface area contributed by atoms with Gasteiger partial charge in [-0.05, 0) is 36.8 Å². The molecule has 0 aromatic heterocycles. The molecule has 7 nitrogen and oxygen atoms in total. The molecule has 0 unspecified atom stereocenters. The Kier molecular flexibility index (Phi) is 6.11. The fourth-order valence-corrected chi connectivity index (χ4v) is 2.10. The van der Waals surface area contributed by atoms with Crippen molar-refractivity contribution in [2.45, 2.75) is 13.8 Å². The van der Waals surface area contributed by atoms with Crippen LogP contribution in [0.15, 0.2) is 47.6 Å². The molecule has 2 aromatic carbocycles. The van der Waals surface area contributed by atoms with Crippen LogP contribution in [0.2, 0.25) is 0 Å². The molecule has 0 saturated carbocycles. The minimum absolute atomic E-state index is 0.113. The summed E-state index contributed by atoms with van der Waals surface area (Å²) in [6.45, 7) is 3.57. The number of phenols is 1. The Morgan fingerprint density at radius 3 is 2.72 bits per heavy atom. The third-order valence-electron chi connectivity index (χ3n) is 3.10. The van der Waals surface area contributed by atoms with Crippen LogP contribution in [-0.2, 0) is 4.79 Å². The van der Waals surface area contributed by atoms with E-state index < -0.39 is 5.91 Å². The molecule has 0 aliphatic rings. The van der Waals surface area contributed by atoms with Gasteiger partial charge in [0.2, 0.25) is 5.91 Å². The van der Waals surface area contributed by atoms with Crippen molar-refractivity contribution in [3.63, 3.8) is 0 Å². The van der Waals surface area contributed by atoms with E-state index in [-0.39, 0.29) is 11.7 Å². The van der Waals surface area contributed by atoms with Gasteiger partial charge < -0.3 is 15.2 Å². The Labute approximate surface area is 145 Å². The number of hydrogen-bond donors (Lipinski definition) is 3. The predicted molar refractivity (Wildman–Crippen MR) is 95.1 cm³/mol. The number of carbonyl (C=O) groups is 2. The molecular weight excluding hydrogens is 322 g/mol. The van der Waals surface area contributed by atoms with E-state index in [1.807, 2.05) is 0 Å². The lowest BCUT2D eigenvalue weighted by atomic mass is 10.1. The van der Waals surface area contributed by atoms with Gasteiger partial charge in [-0.25, -0.2) is 5.43 Å². The number of aromatic hydroxyl groups is 1. The minimum Gasteiger partial charge on any atom is -0.508 e. The van der Waals surface area contributed by atoms with E-state index in [1.54, 1.807) is 43.3 Å². The van der Waals surface area contributed by atoms with Crippen molar-refractivity contribution in [1.82, 2.24) is 5.43 Å². The lowest BCUT2D eigenvalue weighted by Gasteiger charge is -2.11. The molecule has 0 heterocycles. The average Bonchev–Trinajstić information content (AvgIpc) is 2.55. The molecule has 0 spiro atoms. The van der Waals surface area contributed by atoms with Crippen LogP contribution < -0.4 is 15.5 Å². The summed E-state index contributed by atoms with van der Waals surface area (Å²) in [5.41, 5.74) is 3.89. The zero-order valence-electron chi connectivity index (χ0n) is 13.9. The van der Waals surface area contributed by atoms with Crippen molar-refractivity contribution in [3.05, 3.63) is 53.6 Å². The Morgan fingerprint density at radius 2 is 2.04 bits per heavy atom. The second kappa shape index (κ2) is 8.49. The van der Waals surface area contributed by atoms with E-state index >= 15 is 0 Å². The quantitative estimate of drug-likeness (QED) is 0.555. The highest BCUT2D eigenvalue weighted by Crippen LogP contribution is 2.23. The lowest BCUT2D eigenvalue weighted by molar-refractivity contribution is -0.114. The number of carbonyl (C=O) groups excluding carboxylic acids is 2. The lowest BCUT2D eigenvalue weighted by Crippen LogP contribution is -2.19. The number of hydrazone groups is 1. The molecule has 0 aliphatic carbocycles. The summed E-state index contributed by atoms with van der Waals surface area (Å²) in [5.74, 6) is -0.203. The molecule has 0 aliphatic heterocycles. The maximum absolute atomic E-state index is 12.3. The SMILES string of the molecule is CCOc1cc(NC(C)=O)ccc1C(=O)NN=Cc1cccc(O)c1. The predicted octanol–water partition coefficient (Wildman–Crippen LogP) is 2.51. The van der Waals surface area contributed by atoms with Gasteiger partial charge in [0.25, 0.3) is 5.91 Å². The molecule has 2 rings (SSSR count). The number of amides is 2. The maximum Gasteiger partial charge on any atom is 0.275 e. The summed E-state index contributed by atoms with van der Waals surface area (Å²) < 4.78 is 5.46. The van der Waals surface area contributed by atoms with Gasteiger partial charge in [0, 0.05) is 18.7 Å². The molecule has 3 N–H and O–H groups in total. The Hall–Kier alpha value is -3.35. The molecule has 0 fully saturated rings. The summed E-state index contributed by atoms with van der Waals surface area (Å²) in [5, 5.41) is 15.9. The van der Waals surface area contributed by atoms with Gasteiger partial charge in [0.05, 0.1) is 18.4 Å². The van der Waals surface area contributed by atoms with Crippen LogP contribution in [-0.4, -0.2) is 29.7 Å². The number of hydrogen-bond acceptors (Lipinski definition) is 5. The first-order chi connectivity index (χ1) is 12.0. The molecule has 0 saturated heterocycles. The smallest absolute Gasteiger partial charge is 0.275 e. The summed E-state index contributed by atoms with van der Waals surface area (Å²) in [6, 6.07) is 11.2. The van der Waals surface area contributed by atoms with Crippen LogP contribution in [0, 0.1) is 0 Å². The summed E-state index contributed by atoms with van der Waals surface area (Å²) in [7, 11) is 0. The van der Waals surface area contributed by atoms with Crippen LogP contribution in [0.1, 0.15) is 29.8 Å². The largest absolute Gasteiger partial charge is 0.508 e. The zero-order chi connectivity index (χ0) is 18.2. The normalized spacial score (nSPS) is 10.5. The van der Waals surface area contributed by atoms with E-state index in [1.165, 1.54) is 19.2 Å². The number of anilines is 1. The van der Waals surface area contributed by atoms with Gasteiger partial charge >= 0.3 is 0 Å². The van der Waals surface area contributed by atoms with Gasteiger partial charge in [-0.1, -0.05) is 12.1 Å². The van der Waals surface area contributed by atoms with E-state index in [9.17, 15) is 14.7 Å². The van der Waals surface area contributed by atoms with E-state index in [0.29, 0.717) is 29.2 Å². The maximum atomic E-state index is 12.3. The average molecular weight is 341 g/mol. The second-order valence-electron chi connectivity index (χ2n) is 5.12. The number of nitrogens with one attached hydrogen (secondary N) is 2. The number of rotatable bonds is 6. The fraction of sp³-hybridized carbons (Fsp3) is 0.167. The molecule has 7 heteroatoms. The van der Waals surface area contributed by atoms with Gasteiger partial charge in [0.15, 0.2) is 0 Å². The van der Waals surface area contributed by atoms with E-state index in [0.717, 1.165) is 0 Å². The van der Waals surface area contributed by atoms with Gasteiger partial charge in [-0.15, -0.1) is 0 Å². The van der Waals surface area contributed by atoms with E-state index in [4.69, 9.17) is 4.74 Å². The first kappa shape index (κ1) is 18.0. The van der Waals surface area contributed by atoms with Crippen LogP contribution in [0.25, 0.3) is 0 Å². The van der Waals surface area contributed by atoms with Gasteiger partial charge in [-0.2, -0.15) is 5.10 Å². The third kappa shape index (κ3) is 5.35. The highest BCUT2D eigenvalue weighted by molar-refractivity contribution is 5.98. The van der Waals surface area contributed by atoms with Crippen molar-refractivity contribution < 1.29 is 19.4 Å². The Balaban J connectivity index is 2.13. The van der Waals surface area contributed by atoms with Crippen molar-refractivity contribution >= 4 is 23.7 Å². The number of ether oxygens (including phenoxy) is 1. The zero-order valence-corrected chi connectivity index (χ0v) is 13.9. The highest BCUT2D eigenvalue weighted by Gasteiger charge is 2.13. The van der Waals surface area contributed by atoms with Crippen molar-refractivity contribution in [1.29, 1.82) is 0 Å². The molecule has 0 bridgehead atoms. The summed E-state index contributed by atoms with van der Waals surface area (Å²) >= 11 is 0. The Morgan fingerprint density at radius 1 is 1.24 bits per heavy atom. The third-order valence-corrected chi connectivity index (χ3v) is 3.10. The molecule has 0 radical (unpaired) electrons.